The SMILES string of the molecule is C[C@@H](NCC(O)COC1CCCC1)c1ccccc1F. The lowest BCUT2D eigenvalue weighted by atomic mass is 10.1. The molecule has 3 nitrogen and oxygen atoms in total. The fourth-order valence-corrected chi connectivity index (χ4v) is 2.61. The molecular formula is C16H24FNO2. The normalized spacial score (nSPS) is 19.1. The van der Waals surface area contributed by atoms with E-state index in [1.165, 1.54) is 18.9 Å². The van der Waals surface area contributed by atoms with Gasteiger partial charge in [0, 0.05) is 18.2 Å². The first kappa shape index (κ1) is 15.4. The zero-order valence-electron chi connectivity index (χ0n) is 12.0. The number of hydrogen-bond donors (Lipinski definition) is 2. The van der Waals surface area contributed by atoms with E-state index >= 15 is 0 Å². The zero-order valence-corrected chi connectivity index (χ0v) is 12.0. The van der Waals surface area contributed by atoms with Gasteiger partial charge in [0.2, 0.25) is 0 Å². The lowest BCUT2D eigenvalue weighted by Gasteiger charge is -2.19. The lowest BCUT2D eigenvalue weighted by Crippen LogP contribution is -2.33. The molecule has 2 N–H and O–H groups in total. The molecule has 0 spiro atoms. The molecule has 1 aliphatic carbocycles. The van der Waals surface area contributed by atoms with E-state index < -0.39 is 6.10 Å². The summed E-state index contributed by atoms with van der Waals surface area (Å²) in [5.74, 6) is -0.218. The van der Waals surface area contributed by atoms with Crippen molar-refractivity contribution in [3.63, 3.8) is 0 Å². The molecule has 1 unspecified atom stereocenters. The average molecular weight is 281 g/mol. The number of aliphatic hydroxyl groups is 1. The predicted molar refractivity (Wildman–Crippen MR) is 77.0 cm³/mol. The van der Waals surface area contributed by atoms with Crippen LogP contribution in [0, 0.1) is 5.82 Å². The molecule has 0 aliphatic heterocycles. The summed E-state index contributed by atoms with van der Waals surface area (Å²) in [6.45, 7) is 2.65. The van der Waals surface area contributed by atoms with E-state index in [9.17, 15) is 9.50 Å². The molecule has 1 fully saturated rings. The van der Waals surface area contributed by atoms with Crippen molar-refractivity contribution in [2.45, 2.75) is 50.9 Å². The Balaban J connectivity index is 1.69. The van der Waals surface area contributed by atoms with Crippen molar-refractivity contribution in [2.75, 3.05) is 13.2 Å². The summed E-state index contributed by atoms with van der Waals surface area (Å²) in [6, 6.07) is 6.57. The largest absolute Gasteiger partial charge is 0.389 e. The Bertz CT molecular complexity index is 407. The summed E-state index contributed by atoms with van der Waals surface area (Å²) in [6.07, 6.45) is 4.42. The first-order valence-electron chi connectivity index (χ1n) is 7.44. The number of rotatable bonds is 7. The maximum Gasteiger partial charge on any atom is 0.127 e. The molecule has 1 aromatic rings. The van der Waals surface area contributed by atoms with Gasteiger partial charge in [-0.05, 0) is 25.8 Å². The summed E-state index contributed by atoms with van der Waals surface area (Å²) in [5, 5.41) is 13.0. The smallest absolute Gasteiger partial charge is 0.127 e. The van der Waals surface area contributed by atoms with Crippen molar-refractivity contribution in [3.8, 4) is 0 Å². The molecule has 2 rings (SSSR count). The van der Waals surface area contributed by atoms with Crippen molar-refractivity contribution >= 4 is 0 Å². The molecule has 0 radical (unpaired) electrons. The molecule has 2 atom stereocenters. The van der Waals surface area contributed by atoms with Gasteiger partial charge < -0.3 is 15.2 Å². The monoisotopic (exact) mass is 281 g/mol. The van der Waals surface area contributed by atoms with Gasteiger partial charge in [-0.2, -0.15) is 0 Å². The van der Waals surface area contributed by atoms with Gasteiger partial charge in [0.15, 0.2) is 0 Å². The highest BCUT2D eigenvalue weighted by Gasteiger charge is 2.17. The van der Waals surface area contributed by atoms with Crippen molar-refractivity contribution in [1.29, 1.82) is 0 Å². The maximum absolute atomic E-state index is 13.6. The molecule has 0 amide bonds. The van der Waals surface area contributed by atoms with Gasteiger partial charge in [0.05, 0.1) is 18.8 Å². The van der Waals surface area contributed by atoms with E-state index in [0.717, 1.165) is 12.8 Å². The maximum atomic E-state index is 13.6. The van der Waals surface area contributed by atoms with E-state index in [2.05, 4.69) is 5.32 Å². The Morgan fingerprint density at radius 2 is 2.05 bits per heavy atom. The van der Waals surface area contributed by atoms with Crippen LogP contribution in [0.2, 0.25) is 0 Å². The zero-order chi connectivity index (χ0) is 14.4. The van der Waals surface area contributed by atoms with E-state index in [-0.39, 0.29) is 11.9 Å². The fourth-order valence-electron chi connectivity index (χ4n) is 2.61. The molecule has 0 heterocycles. The van der Waals surface area contributed by atoms with Crippen LogP contribution in [0.4, 0.5) is 4.39 Å². The predicted octanol–water partition coefficient (Wildman–Crippen LogP) is 2.80. The first-order valence-corrected chi connectivity index (χ1v) is 7.44. The van der Waals surface area contributed by atoms with Crippen molar-refractivity contribution < 1.29 is 14.2 Å². The van der Waals surface area contributed by atoms with Gasteiger partial charge in [-0.25, -0.2) is 4.39 Å². The highest BCUT2D eigenvalue weighted by atomic mass is 19.1. The van der Waals surface area contributed by atoms with Gasteiger partial charge in [0.25, 0.3) is 0 Å². The van der Waals surface area contributed by atoms with E-state index in [4.69, 9.17) is 4.74 Å². The third kappa shape index (κ3) is 4.54. The van der Waals surface area contributed by atoms with Gasteiger partial charge in [-0.1, -0.05) is 31.0 Å². The molecule has 112 valence electrons. The first-order chi connectivity index (χ1) is 9.66. The van der Waals surface area contributed by atoms with Gasteiger partial charge >= 0.3 is 0 Å². The summed E-state index contributed by atoms with van der Waals surface area (Å²) in [7, 11) is 0. The minimum Gasteiger partial charge on any atom is -0.389 e. The van der Waals surface area contributed by atoms with Crippen LogP contribution in [0.3, 0.4) is 0 Å². The molecule has 0 saturated heterocycles. The second-order valence-electron chi connectivity index (χ2n) is 5.55. The van der Waals surface area contributed by atoms with Crippen molar-refractivity contribution in [1.82, 2.24) is 5.32 Å². The Hall–Kier alpha value is -0.970. The van der Waals surface area contributed by atoms with Crippen molar-refractivity contribution in [2.24, 2.45) is 0 Å². The van der Waals surface area contributed by atoms with Crippen LogP contribution in [0.25, 0.3) is 0 Å². The summed E-state index contributed by atoms with van der Waals surface area (Å²) >= 11 is 0. The Kier molecular flexibility index (Phi) is 5.95. The summed E-state index contributed by atoms with van der Waals surface area (Å²) in [5.41, 5.74) is 0.622. The van der Waals surface area contributed by atoms with Crippen LogP contribution in [0.1, 0.15) is 44.2 Å². The van der Waals surface area contributed by atoms with Crippen molar-refractivity contribution in [3.05, 3.63) is 35.6 Å². The van der Waals surface area contributed by atoms with Gasteiger partial charge in [-0.3, -0.25) is 0 Å². The molecule has 1 saturated carbocycles. The lowest BCUT2D eigenvalue weighted by molar-refractivity contribution is -0.00612. The minimum atomic E-state index is -0.551. The number of hydrogen-bond acceptors (Lipinski definition) is 3. The Labute approximate surface area is 120 Å². The quantitative estimate of drug-likeness (QED) is 0.807. The van der Waals surface area contributed by atoms with E-state index in [1.807, 2.05) is 13.0 Å². The van der Waals surface area contributed by atoms with Crippen LogP contribution in [0.5, 0.6) is 0 Å². The van der Waals surface area contributed by atoms with Gasteiger partial charge in [0.1, 0.15) is 5.82 Å². The van der Waals surface area contributed by atoms with Crippen LogP contribution in [-0.2, 0) is 4.74 Å². The van der Waals surface area contributed by atoms with E-state index in [0.29, 0.717) is 24.8 Å². The van der Waals surface area contributed by atoms with Crippen LogP contribution in [0.15, 0.2) is 24.3 Å². The number of ether oxygens (including phenoxy) is 1. The average Bonchev–Trinajstić information content (AvgIpc) is 2.96. The van der Waals surface area contributed by atoms with Crippen LogP contribution >= 0.6 is 0 Å². The third-order valence-corrected chi connectivity index (χ3v) is 3.86. The van der Waals surface area contributed by atoms with Crippen LogP contribution < -0.4 is 5.32 Å². The standard InChI is InChI=1S/C16H24FNO2/c1-12(15-8-4-5-9-16(15)17)18-10-13(19)11-20-14-6-2-3-7-14/h4-5,8-9,12-14,18-19H,2-3,6-7,10-11H2,1H3/t12-,13?/m1/s1. The number of nitrogens with one attached hydrogen (secondary N) is 1. The van der Waals surface area contributed by atoms with Gasteiger partial charge in [-0.15, -0.1) is 0 Å². The molecule has 1 aliphatic rings. The minimum absolute atomic E-state index is 0.127. The highest BCUT2D eigenvalue weighted by Crippen LogP contribution is 2.21. The fraction of sp³-hybridized carbons (Fsp3) is 0.625. The van der Waals surface area contributed by atoms with E-state index in [1.54, 1.807) is 12.1 Å². The molecule has 1 aromatic carbocycles. The van der Waals surface area contributed by atoms with Crippen LogP contribution in [-0.4, -0.2) is 30.5 Å². The molecule has 20 heavy (non-hydrogen) atoms. The number of benzene rings is 1. The second-order valence-corrected chi connectivity index (χ2v) is 5.55. The Morgan fingerprint density at radius 3 is 2.75 bits per heavy atom. The Morgan fingerprint density at radius 1 is 1.35 bits per heavy atom. The number of halogens is 1. The summed E-state index contributed by atoms with van der Waals surface area (Å²) < 4.78 is 19.3. The highest BCUT2D eigenvalue weighted by molar-refractivity contribution is 5.20. The molecule has 0 aromatic heterocycles. The molecule has 0 bridgehead atoms. The molecular weight excluding hydrogens is 257 g/mol. The topological polar surface area (TPSA) is 41.5 Å². The summed E-state index contributed by atoms with van der Waals surface area (Å²) in [4.78, 5) is 0. The number of aliphatic hydroxyl groups excluding tert-OH is 1. The molecule has 4 heteroatoms. The third-order valence-electron chi connectivity index (χ3n) is 3.86. The second kappa shape index (κ2) is 7.72.